The van der Waals surface area contributed by atoms with E-state index in [0.717, 1.165) is 11.4 Å². The molecule has 0 radical (unpaired) electrons. The highest BCUT2D eigenvalue weighted by Crippen LogP contribution is 2.48. The van der Waals surface area contributed by atoms with Crippen LogP contribution in [0.1, 0.15) is 6.42 Å². The van der Waals surface area contributed by atoms with Gasteiger partial charge in [0.1, 0.15) is 0 Å². The van der Waals surface area contributed by atoms with Gasteiger partial charge >= 0.3 is 0 Å². The van der Waals surface area contributed by atoms with Crippen LogP contribution in [-0.2, 0) is 4.79 Å². The minimum Gasteiger partial charge on any atom is -0.349 e. The number of anilines is 2. The molecular formula is C17H17ClN2OS. The molecular weight excluding hydrogens is 316 g/mol. The van der Waals surface area contributed by atoms with Gasteiger partial charge in [0.2, 0.25) is 5.91 Å². The van der Waals surface area contributed by atoms with Crippen molar-refractivity contribution in [2.45, 2.75) is 16.2 Å². The Morgan fingerprint density at radius 3 is 2.64 bits per heavy atom. The Bertz CT molecular complexity index is 718. The van der Waals surface area contributed by atoms with Gasteiger partial charge in [-0.2, -0.15) is 0 Å². The van der Waals surface area contributed by atoms with Crippen LogP contribution < -0.4 is 4.90 Å². The molecule has 1 aliphatic rings. The van der Waals surface area contributed by atoms with Gasteiger partial charge in [-0.05, 0) is 30.3 Å². The highest BCUT2D eigenvalue weighted by molar-refractivity contribution is 7.99. The maximum absolute atomic E-state index is 11.9. The first-order valence-electron chi connectivity index (χ1n) is 7.10. The van der Waals surface area contributed by atoms with Crippen molar-refractivity contribution >= 4 is 40.6 Å². The number of amides is 1. The lowest BCUT2D eigenvalue weighted by Gasteiger charge is -2.33. The van der Waals surface area contributed by atoms with E-state index in [2.05, 4.69) is 17.0 Å². The number of carbonyl (C=O) groups is 1. The van der Waals surface area contributed by atoms with Crippen LogP contribution >= 0.6 is 23.4 Å². The summed E-state index contributed by atoms with van der Waals surface area (Å²) in [6.07, 6.45) is 0.470. The molecule has 0 unspecified atom stereocenters. The zero-order valence-corrected chi connectivity index (χ0v) is 14.1. The van der Waals surface area contributed by atoms with Gasteiger partial charge in [0.05, 0.1) is 11.4 Å². The van der Waals surface area contributed by atoms with Gasteiger partial charge in [0.15, 0.2) is 0 Å². The number of benzene rings is 2. The third-order valence-corrected chi connectivity index (χ3v) is 5.00. The molecule has 0 spiro atoms. The maximum atomic E-state index is 11.9. The van der Waals surface area contributed by atoms with Gasteiger partial charge in [0.25, 0.3) is 0 Å². The molecule has 1 amide bonds. The van der Waals surface area contributed by atoms with Crippen molar-refractivity contribution < 1.29 is 4.79 Å². The van der Waals surface area contributed by atoms with Crippen LogP contribution in [0.2, 0.25) is 5.02 Å². The van der Waals surface area contributed by atoms with Crippen molar-refractivity contribution in [1.82, 2.24) is 4.90 Å². The minimum absolute atomic E-state index is 0.124. The van der Waals surface area contributed by atoms with Crippen molar-refractivity contribution in [3.05, 3.63) is 47.5 Å². The Hall–Kier alpha value is -1.65. The summed E-state index contributed by atoms with van der Waals surface area (Å²) < 4.78 is 0. The van der Waals surface area contributed by atoms with E-state index in [1.165, 1.54) is 9.79 Å². The fourth-order valence-electron chi connectivity index (χ4n) is 2.47. The quantitative estimate of drug-likeness (QED) is 0.831. The third kappa shape index (κ3) is 2.94. The van der Waals surface area contributed by atoms with Crippen molar-refractivity contribution in [1.29, 1.82) is 0 Å². The van der Waals surface area contributed by atoms with Crippen LogP contribution in [-0.4, -0.2) is 31.4 Å². The number of fused-ring (bicyclic) bond motifs is 2. The Labute approximate surface area is 139 Å². The molecule has 1 aliphatic heterocycles. The zero-order valence-electron chi connectivity index (χ0n) is 12.5. The largest absolute Gasteiger partial charge is 0.349 e. The number of halogens is 1. The standard InChI is InChI=1S/C17H17ClN2OS/c1-19(2)17(21)9-10-20-13-5-3-4-6-15(13)22-16-8-7-12(18)11-14(16)20/h3-8,11H,9-10H2,1-2H3. The van der Waals surface area contributed by atoms with Gasteiger partial charge in [-0.15, -0.1) is 0 Å². The van der Waals surface area contributed by atoms with Crippen LogP contribution in [0.3, 0.4) is 0 Å². The first-order chi connectivity index (χ1) is 10.6. The molecule has 0 aliphatic carbocycles. The fraction of sp³-hybridized carbons (Fsp3) is 0.235. The van der Waals surface area contributed by atoms with E-state index in [1.807, 2.05) is 30.3 Å². The maximum Gasteiger partial charge on any atom is 0.223 e. The van der Waals surface area contributed by atoms with E-state index < -0.39 is 0 Å². The molecule has 0 saturated carbocycles. The highest BCUT2D eigenvalue weighted by atomic mass is 35.5. The average molecular weight is 333 g/mol. The van der Waals surface area contributed by atoms with Gasteiger partial charge in [-0.3, -0.25) is 4.79 Å². The summed E-state index contributed by atoms with van der Waals surface area (Å²) in [6, 6.07) is 14.2. The predicted octanol–water partition coefficient (Wildman–Crippen LogP) is 4.42. The van der Waals surface area contributed by atoms with Crippen LogP contribution in [0.15, 0.2) is 52.3 Å². The van der Waals surface area contributed by atoms with Gasteiger partial charge in [-0.1, -0.05) is 35.5 Å². The van der Waals surface area contributed by atoms with Crippen LogP contribution in [0.5, 0.6) is 0 Å². The van der Waals surface area contributed by atoms with E-state index in [4.69, 9.17) is 11.6 Å². The monoisotopic (exact) mass is 332 g/mol. The molecule has 2 aromatic rings. The molecule has 1 heterocycles. The molecule has 22 heavy (non-hydrogen) atoms. The molecule has 114 valence electrons. The van der Waals surface area contributed by atoms with Crippen molar-refractivity contribution in [3.8, 4) is 0 Å². The Morgan fingerprint density at radius 1 is 1.14 bits per heavy atom. The van der Waals surface area contributed by atoms with Crippen molar-refractivity contribution in [2.24, 2.45) is 0 Å². The van der Waals surface area contributed by atoms with E-state index in [1.54, 1.807) is 30.8 Å². The number of rotatable bonds is 3. The number of hydrogen-bond donors (Lipinski definition) is 0. The fourth-order valence-corrected chi connectivity index (χ4v) is 3.72. The molecule has 0 fully saturated rings. The third-order valence-electron chi connectivity index (χ3n) is 3.64. The van der Waals surface area contributed by atoms with E-state index in [0.29, 0.717) is 18.0 Å². The van der Waals surface area contributed by atoms with E-state index in [-0.39, 0.29) is 5.91 Å². The average Bonchev–Trinajstić information content (AvgIpc) is 2.51. The lowest BCUT2D eigenvalue weighted by Crippen LogP contribution is -2.29. The second-order valence-corrected chi connectivity index (χ2v) is 6.89. The smallest absolute Gasteiger partial charge is 0.223 e. The highest BCUT2D eigenvalue weighted by Gasteiger charge is 2.23. The van der Waals surface area contributed by atoms with E-state index in [9.17, 15) is 4.79 Å². The summed E-state index contributed by atoms with van der Waals surface area (Å²) in [5, 5.41) is 0.711. The van der Waals surface area contributed by atoms with Gasteiger partial charge in [-0.25, -0.2) is 0 Å². The summed E-state index contributed by atoms with van der Waals surface area (Å²) in [5.41, 5.74) is 2.21. The summed E-state index contributed by atoms with van der Waals surface area (Å²) in [6.45, 7) is 0.641. The number of nitrogens with zero attached hydrogens (tertiary/aromatic N) is 2. The zero-order chi connectivity index (χ0) is 15.7. The minimum atomic E-state index is 0.124. The summed E-state index contributed by atoms with van der Waals surface area (Å²) in [4.78, 5) is 18.1. The molecule has 5 heteroatoms. The second kappa shape index (κ2) is 6.23. The Morgan fingerprint density at radius 2 is 1.86 bits per heavy atom. The molecule has 0 atom stereocenters. The normalized spacial score (nSPS) is 12.6. The van der Waals surface area contributed by atoms with Gasteiger partial charge < -0.3 is 9.80 Å². The predicted molar refractivity (Wildman–Crippen MR) is 92.3 cm³/mol. The van der Waals surface area contributed by atoms with Gasteiger partial charge in [0, 0.05) is 41.9 Å². The SMILES string of the molecule is CN(C)C(=O)CCN1c2ccccc2Sc2ccc(Cl)cc21. The molecule has 0 N–H and O–H groups in total. The van der Waals surface area contributed by atoms with Crippen LogP contribution in [0.4, 0.5) is 11.4 Å². The Balaban J connectivity index is 1.97. The lowest BCUT2D eigenvalue weighted by molar-refractivity contribution is -0.128. The number of para-hydroxylation sites is 1. The lowest BCUT2D eigenvalue weighted by atomic mass is 10.2. The molecule has 0 saturated heterocycles. The Kier molecular flexibility index (Phi) is 4.32. The molecule has 3 nitrogen and oxygen atoms in total. The second-order valence-electron chi connectivity index (χ2n) is 5.37. The number of carbonyl (C=O) groups excluding carboxylic acids is 1. The van der Waals surface area contributed by atoms with Crippen molar-refractivity contribution in [3.63, 3.8) is 0 Å². The van der Waals surface area contributed by atoms with Crippen molar-refractivity contribution in [2.75, 3.05) is 25.5 Å². The summed E-state index contributed by atoms with van der Waals surface area (Å²) >= 11 is 7.91. The number of hydrogen-bond acceptors (Lipinski definition) is 3. The first-order valence-corrected chi connectivity index (χ1v) is 8.30. The van der Waals surface area contributed by atoms with Crippen LogP contribution in [0.25, 0.3) is 0 Å². The summed E-state index contributed by atoms with van der Waals surface area (Å²) in [7, 11) is 3.57. The first kappa shape index (κ1) is 15.3. The van der Waals surface area contributed by atoms with Crippen LogP contribution in [0, 0.1) is 0 Å². The molecule has 0 aromatic heterocycles. The topological polar surface area (TPSA) is 23.6 Å². The molecule has 0 bridgehead atoms. The van der Waals surface area contributed by atoms with E-state index >= 15 is 0 Å². The molecule has 2 aromatic carbocycles. The summed E-state index contributed by atoms with van der Waals surface area (Å²) in [5.74, 6) is 0.124. The molecule has 3 rings (SSSR count).